The third-order valence-electron chi connectivity index (χ3n) is 2.69. The van der Waals surface area contributed by atoms with Crippen LogP contribution >= 0.6 is 12.4 Å². The zero-order valence-electron chi connectivity index (χ0n) is 9.95. The Morgan fingerprint density at radius 1 is 1.50 bits per heavy atom. The van der Waals surface area contributed by atoms with Gasteiger partial charge >= 0.3 is 5.97 Å². The van der Waals surface area contributed by atoms with Crippen LogP contribution in [0.15, 0.2) is 29.3 Å². The van der Waals surface area contributed by atoms with Gasteiger partial charge in [0, 0.05) is 12.4 Å². The average Bonchev–Trinajstić information content (AvgIpc) is 2.29. The maximum absolute atomic E-state index is 12.1. The predicted octanol–water partition coefficient (Wildman–Crippen LogP) is 1.77. The number of rotatable bonds is 2. The highest BCUT2D eigenvalue weighted by Gasteiger charge is 2.15. The molecule has 0 aliphatic heterocycles. The molecule has 0 aromatic carbocycles. The molecule has 18 heavy (non-hydrogen) atoms. The number of carboxylic acids is 1. The number of carboxylic acid groups (broad SMARTS) is 1. The molecule has 2 aromatic heterocycles. The Balaban J connectivity index is 0.00000162. The first kappa shape index (κ1) is 14.2. The summed E-state index contributed by atoms with van der Waals surface area (Å²) in [4.78, 5) is 27.1. The lowest BCUT2D eigenvalue weighted by Crippen LogP contribution is -2.27. The van der Waals surface area contributed by atoms with Crippen molar-refractivity contribution in [3.05, 3.63) is 40.4 Å². The maximum Gasteiger partial charge on any atom is 0.326 e. The van der Waals surface area contributed by atoms with Crippen molar-refractivity contribution in [3.63, 3.8) is 0 Å². The van der Waals surface area contributed by atoms with Crippen molar-refractivity contribution in [3.8, 4) is 0 Å². The molecule has 0 bridgehead atoms. The van der Waals surface area contributed by atoms with Gasteiger partial charge in [0.2, 0.25) is 0 Å². The largest absolute Gasteiger partial charge is 0.480 e. The van der Waals surface area contributed by atoms with Gasteiger partial charge in [0.1, 0.15) is 6.04 Å². The number of hydrogen-bond donors (Lipinski definition) is 1. The molecule has 2 heterocycles. The van der Waals surface area contributed by atoms with E-state index in [4.69, 9.17) is 5.11 Å². The summed E-state index contributed by atoms with van der Waals surface area (Å²) >= 11 is 0. The van der Waals surface area contributed by atoms with E-state index in [9.17, 15) is 9.59 Å². The molecule has 96 valence electrons. The van der Waals surface area contributed by atoms with E-state index in [0.717, 1.165) is 5.56 Å². The Kier molecular flexibility index (Phi) is 4.08. The second kappa shape index (κ2) is 5.18. The molecule has 2 rings (SSSR count). The lowest BCUT2D eigenvalue weighted by molar-refractivity contribution is -0.140. The second-order valence-corrected chi connectivity index (χ2v) is 3.99. The average molecular weight is 269 g/mol. The van der Waals surface area contributed by atoms with Gasteiger partial charge in [-0.3, -0.25) is 9.78 Å². The first-order valence-electron chi connectivity index (χ1n) is 5.21. The Bertz CT molecular complexity index is 651. The van der Waals surface area contributed by atoms with Crippen LogP contribution < -0.4 is 5.56 Å². The number of pyridine rings is 2. The van der Waals surface area contributed by atoms with Crippen LogP contribution in [0.3, 0.4) is 0 Å². The van der Waals surface area contributed by atoms with Crippen molar-refractivity contribution in [2.75, 3.05) is 0 Å². The Morgan fingerprint density at radius 3 is 2.78 bits per heavy atom. The lowest BCUT2D eigenvalue weighted by atomic mass is 10.2. The van der Waals surface area contributed by atoms with Crippen molar-refractivity contribution in [1.29, 1.82) is 0 Å². The predicted molar refractivity (Wildman–Crippen MR) is 70.3 cm³/mol. The van der Waals surface area contributed by atoms with Gasteiger partial charge in [-0.25, -0.2) is 4.79 Å². The Labute approximate surface area is 109 Å². The lowest BCUT2D eigenvalue weighted by Gasteiger charge is -2.11. The zero-order valence-corrected chi connectivity index (χ0v) is 10.8. The van der Waals surface area contributed by atoms with Gasteiger partial charge in [0.15, 0.2) is 0 Å². The van der Waals surface area contributed by atoms with Crippen molar-refractivity contribution in [2.24, 2.45) is 0 Å². The van der Waals surface area contributed by atoms with Crippen molar-refractivity contribution >= 4 is 29.3 Å². The number of aromatic nitrogens is 2. The van der Waals surface area contributed by atoms with E-state index < -0.39 is 12.0 Å². The van der Waals surface area contributed by atoms with E-state index in [2.05, 4.69) is 4.98 Å². The van der Waals surface area contributed by atoms with Crippen LogP contribution in [0.4, 0.5) is 0 Å². The van der Waals surface area contributed by atoms with Gasteiger partial charge in [-0.2, -0.15) is 0 Å². The maximum atomic E-state index is 12.1. The van der Waals surface area contributed by atoms with Crippen LogP contribution in [0.25, 0.3) is 10.9 Å². The number of aliphatic carboxylic acids is 1. The first-order valence-corrected chi connectivity index (χ1v) is 5.21. The highest BCUT2D eigenvalue weighted by molar-refractivity contribution is 5.85. The van der Waals surface area contributed by atoms with Crippen LogP contribution in [0.2, 0.25) is 0 Å². The van der Waals surface area contributed by atoms with Crippen LogP contribution in [0.1, 0.15) is 18.5 Å². The fraction of sp³-hybridized carbons (Fsp3) is 0.250. The zero-order chi connectivity index (χ0) is 12.6. The van der Waals surface area contributed by atoms with Gasteiger partial charge in [-0.1, -0.05) is 0 Å². The van der Waals surface area contributed by atoms with E-state index in [1.165, 1.54) is 17.7 Å². The van der Waals surface area contributed by atoms with Crippen LogP contribution in [0, 0.1) is 6.92 Å². The molecule has 2 aromatic rings. The third kappa shape index (κ3) is 2.36. The molecule has 0 spiro atoms. The topological polar surface area (TPSA) is 72.2 Å². The molecular formula is C12H13ClN2O3. The third-order valence-corrected chi connectivity index (χ3v) is 2.69. The number of carbonyl (C=O) groups is 1. The molecular weight excluding hydrogens is 256 g/mol. The van der Waals surface area contributed by atoms with Gasteiger partial charge in [-0.15, -0.1) is 12.4 Å². The monoisotopic (exact) mass is 268 g/mol. The van der Waals surface area contributed by atoms with Crippen molar-refractivity contribution in [1.82, 2.24) is 9.55 Å². The summed E-state index contributed by atoms with van der Waals surface area (Å²) in [5.41, 5.74) is 1.12. The Hall–Kier alpha value is -1.88. The van der Waals surface area contributed by atoms with Crippen LogP contribution in [-0.2, 0) is 4.79 Å². The molecule has 6 heteroatoms. The van der Waals surface area contributed by atoms with E-state index in [-0.39, 0.29) is 18.0 Å². The molecule has 1 atom stereocenters. The molecule has 0 amide bonds. The van der Waals surface area contributed by atoms with Crippen molar-refractivity contribution < 1.29 is 9.90 Å². The minimum Gasteiger partial charge on any atom is -0.480 e. The van der Waals surface area contributed by atoms with Crippen molar-refractivity contribution in [2.45, 2.75) is 19.9 Å². The van der Waals surface area contributed by atoms with E-state index in [1.807, 2.05) is 6.92 Å². The number of fused-ring (bicyclic) bond motifs is 1. The van der Waals surface area contributed by atoms with Gasteiger partial charge < -0.3 is 9.67 Å². The molecule has 5 nitrogen and oxygen atoms in total. The number of halogens is 1. The minimum absolute atomic E-state index is 0. The summed E-state index contributed by atoms with van der Waals surface area (Å²) in [6, 6.07) is 2.48. The summed E-state index contributed by atoms with van der Waals surface area (Å²) in [6.07, 6.45) is 3.14. The van der Waals surface area contributed by atoms with Crippen LogP contribution in [-0.4, -0.2) is 20.6 Å². The Morgan fingerprint density at radius 2 is 2.17 bits per heavy atom. The highest BCUT2D eigenvalue weighted by Crippen LogP contribution is 2.10. The molecule has 1 unspecified atom stereocenters. The van der Waals surface area contributed by atoms with E-state index in [0.29, 0.717) is 10.9 Å². The molecule has 0 saturated carbocycles. The molecule has 0 aliphatic rings. The standard InChI is InChI=1S/C12H12N2O3.ClH/c1-7-5-9-10(13-6-7)3-4-14(11(9)15)8(2)12(16)17;/h3-6,8H,1-2H3,(H,16,17);1H. The summed E-state index contributed by atoms with van der Waals surface area (Å²) in [5.74, 6) is -1.04. The molecule has 1 N–H and O–H groups in total. The first-order chi connectivity index (χ1) is 8.00. The van der Waals surface area contributed by atoms with Gasteiger partial charge in [0.05, 0.1) is 10.9 Å². The summed E-state index contributed by atoms with van der Waals surface area (Å²) in [5, 5.41) is 9.36. The smallest absolute Gasteiger partial charge is 0.326 e. The summed E-state index contributed by atoms with van der Waals surface area (Å²) in [7, 11) is 0. The van der Waals surface area contributed by atoms with Gasteiger partial charge in [-0.05, 0) is 31.5 Å². The quantitative estimate of drug-likeness (QED) is 0.901. The van der Waals surface area contributed by atoms with E-state index >= 15 is 0 Å². The molecule has 0 aliphatic carbocycles. The number of aryl methyl sites for hydroxylation is 1. The normalized spacial score (nSPS) is 11.9. The van der Waals surface area contributed by atoms with E-state index in [1.54, 1.807) is 18.3 Å². The summed E-state index contributed by atoms with van der Waals surface area (Å²) < 4.78 is 1.20. The second-order valence-electron chi connectivity index (χ2n) is 3.99. The fourth-order valence-corrected chi connectivity index (χ4v) is 1.67. The summed E-state index contributed by atoms with van der Waals surface area (Å²) in [6.45, 7) is 3.31. The molecule has 0 saturated heterocycles. The highest BCUT2D eigenvalue weighted by atomic mass is 35.5. The minimum atomic E-state index is -1.04. The molecule has 0 radical (unpaired) electrons. The van der Waals surface area contributed by atoms with Gasteiger partial charge in [0.25, 0.3) is 5.56 Å². The van der Waals surface area contributed by atoms with Crippen LogP contribution in [0.5, 0.6) is 0 Å². The SMILES string of the molecule is Cc1cnc2ccn(C(C)C(=O)O)c(=O)c2c1.Cl. The number of nitrogens with zero attached hydrogens (tertiary/aromatic N) is 2. The fourth-order valence-electron chi connectivity index (χ4n) is 1.67. The molecule has 0 fully saturated rings. The number of hydrogen-bond acceptors (Lipinski definition) is 3.